The molecule has 3 N–H and O–H groups in total. The van der Waals surface area contributed by atoms with Gasteiger partial charge in [0, 0.05) is 36.8 Å². The zero-order valence-corrected chi connectivity index (χ0v) is 11.9. The zero-order chi connectivity index (χ0) is 14.5. The molecule has 0 aliphatic heterocycles. The van der Waals surface area contributed by atoms with Crippen molar-refractivity contribution in [3.05, 3.63) is 30.6 Å². The van der Waals surface area contributed by atoms with Gasteiger partial charge in [0.25, 0.3) is 0 Å². The van der Waals surface area contributed by atoms with E-state index in [2.05, 4.69) is 10.3 Å². The van der Waals surface area contributed by atoms with Gasteiger partial charge in [-0.1, -0.05) is 13.0 Å². The molecule has 5 heteroatoms. The second-order valence-corrected chi connectivity index (χ2v) is 4.80. The number of aromatic nitrogens is 1. The summed E-state index contributed by atoms with van der Waals surface area (Å²) in [6.07, 6.45) is 4.43. The molecular weight excluding hydrogens is 252 g/mol. The summed E-state index contributed by atoms with van der Waals surface area (Å²) in [6.45, 7) is 3.02. The van der Waals surface area contributed by atoms with Gasteiger partial charge < -0.3 is 16.0 Å². The lowest BCUT2D eigenvalue weighted by atomic mass is 10.1. The van der Waals surface area contributed by atoms with E-state index < -0.39 is 0 Å². The number of likely N-dealkylation sites (N-methyl/N-ethyl adjacent to an activating group) is 1. The Balaban J connectivity index is 2.20. The number of anilines is 2. The number of carbonyl (C=O) groups is 1. The Bertz CT molecular complexity index is 612. The standard InChI is InChI=1S/C15H20N4O/c1-3-7-18-14(20)10-19(2)13-5-4-11-9-17-8-6-12(11)15(13)16/h4-6,8-9H,3,7,10,16H2,1-2H3,(H,18,20). The van der Waals surface area contributed by atoms with Gasteiger partial charge in [-0.2, -0.15) is 0 Å². The molecule has 1 aromatic heterocycles. The molecule has 0 atom stereocenters. The van der Waals surface area contributed by atoms with E-state index in [0.717, 1.165) is 22.9 Å². The summed E-state index contributed by atoms with van der Waals surface area (Å²) < 4.78 is 0. The summed E-state index contributed by atoms with van der Waals surface area (Å²) in [6, 6.07) is 5.78. The molecule has 0 bridgehead atoms. The van der Waals surface area contributed by atoms with Gasteiger partial charge in [-0.15, -0.1) is 0 Å². The van der Waals surface area contributed by atoms with Crippen molar-refractivity contribution in [1.82, 2.24) is 10.3 Å². The van der Waals surface area contributed by atoms with Crippen molar-refractivity contribution in [3.63, 3.8) is 0 Å². The molecule has 1 aromatic carbocycles. The second-order valence-electron chi connectivity index (χ2n) is 4.80. The fraction of sp³-hybridized carbons (Fsp3) is 0.333. The van der Waals surface area contributed by atoms with Crippen LogP contribution in [0.4, 0.5) is 11.4 Å². The predicted molar refractivity (Wildman–Crippen MR) is 82.7 cm³/mol. The van der Waals surface area contributed by atoms with Gasteiger partial charge in [-0.25, -0.2) is 0 Å². The van der Waals surface area contributed by atoms with Crippen molar-refractivity contribution in [2.75, 3.05) is 30.8 Å². The number of nitrogens with zero attached hydrogens (tertiary/aromatic N) is 2. The monoisotopic (exact) mass is 272 g/mol. The second kappa shape index (κ2) is 6.23. The number of rotatable bonds is 5. The third-order valence-corrected chi connectivity index (χ3v) is 3.20. The van der Waals surface area contributed by atoms with E-state index in [0.29, 0.717) is 18.8 Å². The number of amides is 1. The van der Waals surface area contributed by atoms with Crippen LogP contribution in [0, 0.1) is 0 Å². The van der Waals surface area contributed by atoms with E-state index >= 15 is 0 Å². The molecule has 0 radical (unpaired) electrons. The molecule has 0 aliphatic rings. The minimum Gasteiger partial charge on any atom is -0.397 e. The van der Waals surface area contributed by atoms with Gasteiger partial charge >= 0.3 is 0 Å². The summed E-state index contributed by atoms with van der Waals surface area (Å²) in [5, 5.41) is 4.81. The molecular formula is C15H20N4O. The van der Waals surface area contributed by atoms with Crippen LogP contribution in [0.2, 0.25) is 0 Å². The van der Waals surface area contributed by atoms with Crippen LogP contribution >= 0.6 is 0 Å². The topological polar surface area (TPSA) is 71.2 Å². The first-order chi connectivity index (χ1) is 9.63. The summed E-state index contributed by atoms with van der Waals surface area (Å²) >= 11 is 0. The molecule has 2 rings (SSSR count). The van der Waals surface area contributed by atoms with E-state index in [1.54, 1.807) is 12.4 Å². The summed E-state index contributed by atoms with van der Waals surface area (Å²) in [7, 11) is 1.87. The first-order valence-corrected chi connectivity index (χ1v) is 6.73. The Hall–Kier alpha value is -2.30. The normalized spacial score (nSPS) is 10.5. The quantitative estimate of drug-likeness (QED) is 0.814. The number of hydrogen-bond donors (Lipinski definition) is 2. The minimum atomic E-state index is 0.00331. The molecule has 5 nitrogen and oxygen atoms in total. The molecule has 0 aliphatic carbocycles. The van der Waals surface area contributed by atoms with Crippen LogP contribution in [-0.2, 0) is 4.79 Å². The largest absolute Gasteiger partial charge is 0.397 e. The van der Waals surface area contributed by atoms with E-state index in [1.165, 1.54) is 0 Å². The SMILES string of the molecule is CCCNC(=O)CN(C)c1ccc2cnccc2c1N. The maximum absolute atomic E-state index is 11.8. The van der Waals surface area contributed by atoms with Crippen molar-refractivity contribution >= 4 is 28.1 Å². The number of nitrogens with two attached hydrogens (primary N) is 1. The van der Waals surface area contributed by atoms with Crippen LogP contribution < -0.4 is 16.0 Å². The highest BCUT2D eigenvalue weighted by Gasteiger charge is 2.11. The molecule has 1 amide bonds. The molecule has 20 heavy (non-hydrogen) atoms. The van der Waals surface area contributed by atoms with Crippen LogP contribution in [0.15, 0.2) is 30.6 Å². The van der Waals surface area contributed by atoms with Gasteiger partial charge in [-0.05, 0) is 18.6 Å². The number of hydrogen-bond acceptors (Lipinski definition) is 4. The first kappa shape index (κ1) is 14.1. The average Bonchev–Trinajstić information content (AvgIpc) is 2.45. The predicted octanol–water partition coefficient (Wildman–Crippen LogP) is 1.78. The highest BCUT2D eigenvalue weighted by molar-refractivity contribution is 5.99. The molecule has 1 heterocycles. The third kappa shape index (κ3) is 2.99. The maximum atomic E-state index is 11.8. The lowest BCUT2D eigenvalue weighted by Crippen LogP contribution is -2.35. The Morgan fingerprint density at radius 3 is 2.95 bits per heavy atom. The fourth-order valence-corrected chi connectivity index (χ4v) is 2.14. The van der Waals surface area contributed by atoms with Gasteiger partial charge in [0.05, 0.1) is 17.9 Å². The summed E-state index contributed by atoms with van der Waals surface area (Å²) in [5.74, 6) is 0.00331. The van der Waals surface area contributed by atoms with Crippen molar-refractivity contribution in [3.8, 4) is 0 Å². The maximum Gasteiger partial charge on any atom is 0.239 e. The number of benzene rings is 1. The van der Waals surface area contributed by atoms with E-state index in [-0.39, 0.29) is 5.91 Å². The molecule has 2 aromatic rings. The lowest BCUT2D eigenvalue weighted by Gasteiger charge is -2.21. The smallest absolute Gasteiger partial charge is 0.239 e. The average molecular weight is 272 g/mol. The molecule has 106 valence electrons. The summed E-state index contributed by atoms with van der Waals surface area (Å²) in [4.78, 5) is 17.7. The highest BCUT2D eigenvalue weighted by atomic mass is 16.2. The van der Waals surface area contributed by atoms with Crippen LogP contribution in [0.25, 0.3) is 10.8 Å². The first-order valence-electron chi connectivity index (χ1n) is 6.73. The van der Waals surface area contributed by atoms with Crippen molar-refractivity contribution in [1.29, 1.82) is 0 Å². The Kier molecular flexibility index (Phi) is 4.40. The summed E-state index contributed by atoms with van der Waals surface area (Å²) in [5.41, 5.74) is 7.73. The van der Waals surface area contributed by atoms with Gasteiger partial charge in [0.1, 0.15) is 0 Å². The van der Waals surface area contributed by atoms with Gasteiger partial charge in [0.15, 0.2) is 0 Å². The molecule has 0 fully saturated rings. The van der Waals surface area contributed by atoms with Crippen LogP contribution in [0.5, 0.6) is 0 Å². The van der Waals surface area contributed by atoms with E-state index in [4.69, 9.17) is 5.73 Å². The molecule has 0 unspecified atom stereocenters. The number of fused-ring (bicyclic) bond motifs is 1. The Labute approximate surface area is 118 Å². The van der Waals surface area contributed by atoms with E-state index in [9.17, 15) is 4.79 Å². The van der Waals surface area contributed by atoms with Crippen LogP contribution in [-0.4, -0.2) is 31.0 Å². The lowest BCUT2D eigenvalue weighted by molar-refractivity contribution is -0.119. The van der Waals surface area contributed by atoms with Crippen molar-refractivity contribution in [2.24, 2.45) is 0 Å². The number of nitrogen functional groups attached to an aromatic ring is 1. The Morgan fingerprint density at radius 1 is 1.40 bits per heavy atom. The van der Waals surface area contributed by atoms with Crippen LogP contribution in [0.1, 0.15) is 13.3 Å². The van der Waals surface area contributed by atoms with Gasteiger partial charge in [0.2, 0.25) is 5.91 Å². The third-order valence-electron chi connectivity index (χ3n) is 3.20. The zero-order valence-electron chi connectivity index (χ0n) is 11.9. The highest BCUT2D eigenvalue weighted by Crippen LogP contribution is 2.30. The molecule has 0 spiro atoms. The number of pyridine rings is 1. The fourth-order valence-electron chi connectivity index (χ4n) is 2.14. The van der Waals surface area contributed by atoms with Crippen molar-refractivity contribution in [2.45, 2.75) is 13.3 Å². The molecule has 0 saturated carbocycles. The van der Waals surface area contributed by atoms with Crippen molar-refractivity contribution < 1.29 is 4.79 Å². The Morgan fingerprint density at radius 2 is 2.20 bits per heavy atom. The minimum absolute atomic E-state index is 0.00331. The van der Waals surface area contributed by atoms with Crippen LogP contribution in [0.3, 0.4) is 0 Å². The molecule has 0 saturated heterocycles. The van der Waals surface area contributed by atoms with Gasteiger partial charge in [-0.3, -0.25) is 9.78 Å². The van der Waals surface area contributed by atoms with E-state index in [1.807, 2.05) is 37.1 Å². The number of nitrogens with one attached hydrogen (secondary N) is 1. The number of carbonyl (C=O) groups excluding carboxylic acids is 1.